The topological polar surface area (TPSA) is 66.2 Å². The molecule has 23 heavy (non-hydrogen) atoms. The van der Waals surface area contributed by atoms with Crippen LogP contribution in [-0.4, -0.2) is 69.9 Å². The monoisotopic (exact) mass is 316 g/mol. The van der Waals surface area contributed by atoms with Gasteiger partial charge in [0.1, 0.15) is 18.0 Å². The van der Waals surface area contributed by atoms with E-state index in [-0.39, 0.29) is 0 Å². The maximum Gasteiger partial charge on any atom is 0.227 e. The lowest BCUT2D eigenvalue weighted by Gasteiger charge is -2.34. The van der Waals surface area contributed by atoms with E-state index in [0.717, 1.165) is 56.0 Å². The third-order valence-electron chi connectivity index (χ3n) is 4.11. The van der Waals surface area contributed by atoms with Gasteiger partial charge >= 0.3 is 0 Å². The van der Waals surface area contributed by atoms with E-state index in [1.165, 1.54) is 0 Å². The molecule has 0 N–H and O–H groups in total. The van der Waals surface area contributed by atoms with Crippen molar-refractivity contribution in [2.45, 2.75) is 13.5 Å². The lowest BCUT2D eigenvalue weighted by molar-refractivity contribution is 0.239. The minimum atomic E-state index is 0.826. The fourth-order valence-electron chi connectivity index (χ4n) is 2.68. The van der Waals surface area contributed by atoms with Gasteiger partial charge < -0.3 is 9.80 Å². The van der Waals surface area contributed by atoms with Crippen LogP contribution in [-0.2, 0) is 13.6 Å². The molecular formula is C15H24N8. The highest BCUT2D eigenvalue weighted by atomic mass is 15.4. The zero-order chi connectivity index (χ0) is 16.4. The zero-order valence-corrected chi connectivity index (χ0v) is 14.3. The molecule has 0 bridgehead atoms. The van der Waals surface area contributed by atoms with Crippen LogP contribution in [0.4, 0.5) is 11.8 Å². The van der Waals surface area contributed by atoms with E-state index in [4.69, 9.17) is 0 Å². The summed E-state index contributed by atoms with van der Waals surface area (Å²) in [5, 5.41) is 4.12. The van der Waals surface area contributed by atoms with Crippen molar-refractivity contribution in [2.75, 3.05) is 50.1 Å². The molecule has 1 aliphatic heterocycles. The Bertz CT molecular complexity index is 657. The molecule has 0 saturated carbocycles. The molecule has 0 spiro atoms. The number of hydrogen-bond acceptors (Lipinski definition) is 7. The second-order valence-corrected chi connectivity index (χ2v) is 6.13. The first kappa shape index (κ1) is 15.7. The molecule has 0 aromatic carbocycles. The van der Waals surface area contributed by atoms with Crippen LogP contribution in [0.1, 0.15) is 11.5 Å². The van der Waals surface area contributed by atoms with Crippen molar-refractivity contribution in [1.29, 1.82) is 0 Å². The second-order valence-electron chi connectivity index (χ2n) is 6.13. The normalized spacial score (nSPS) is 15.9. The Morgan fingerprint density at radius 3 is 2.48 bits per heavy atom. The summed E-state index contributed by atoms with van der Waals surface area (Å²) in [6, 6.07) is 2.01. The van der Waals surface area contributed by atoms with Gasteiger partial charge in [-0.3, -0.25) is 9.58 Å². The number of hydrogen-bond donors (Lipinski definition) is 0. The second kappa shape index (κ2) is 6.49. The summed E-state index contributed by atoms with van der Waals surface area (Å²) in [5.74, 6) is 2.78. The van der Waals surface area contributed by atoms with E-state index in [2.05, 4.69) is 29.9 Å². The molecule has 3 heterocycles. The molecule has 0 radical (unpaired) electrons. The number of piperazine rings is 1. The third-order valence-corrected chi connectivity index (χ3v) is 4.11. The first-order chi connectivity index (χ1) is 11.0. The fourth-order valence-corrected chi connectivity index (χ4v) is 2.68. The van der Waals surface area contributed by atoms with Crippen molar-refractivity contribution in [3.05, 3.63) is 23.9 Å². The van der Waals surface area contributed by atoms with Crippen LogP contribution in [0.2, 0.25) is 0 Å². The number of nitrogens with zero attached hydrogens (tertiary/aromatic N) is 8. The van der Waals surface area contributed by atoms with Gasteiger partial charge in [-0.15, -0.1) is 0 Å². The quantitative estimate of drug-likeness (QED) is 0.804. The fraction of sp³-hybridized carbons (Fsp3) is 0.600. The molecule has 1 saturated heterocycles. The molecule has 3 rings (SSSR count). The zero-order valence-electron chi connectivity index (χ0n) is 14.3. The Labute approximate surface area is 136 Å². The Morgan fingerprint density at radius 1 is 1.13 bits per heavy atom. The van der Waals surface area contributed by atoms with Crippen molar-refractivity contribution >= 4 is 11.8 Å². The number of aryl methyl sites for hydroxylation is 2. The van der Waals surface area contributed by atoms with Gasteiger partial charge in [-0.1, -0.05) is 0 Å². The highest BCUT2D eigenvalue weighted by Crippen LogP contribution is 2.17. The molecule has 124 valence electrons. The van der Waals surface area contributed by atoms with Crippen LogP contribution in [0.3, 0.4) is 0 Å². The van der Waals surface area contributed by atoms with Gasteiger partial charge in [0, 0.05) is 59.1 Å². The summed E-state index contributed by atoms with van der Waals surface area (Å²) < 4.78 is 1.83. The Kier molecular flexibility index (Phi) is 4.42. The molecular weight excluding hydrogens is 292 g/mol. The average Bonchev–Trinajstić information content (AvgIpc) is 2.92. The Balaban J connectivity index is 1.64. The Morgan fingerprint density at radius 2 is 1.87 bits per heavy atom. The van der Waals surface area contributed by atoms with Crippen LogP contribution in [0, 0.1) is 6.92 Å². The van der Waals surface area contributed by atoms with Gasteiger partial charge in [0.25, 0.3) is 0 Å². The van der Waals surface area contributed by atoms with Crippen molar-refractivity contribution in [3.63, 3.8) is 0 Å². The van der Waals surface area contributed by atoms with Crippen molar-refractivity contribution < 1.29 is 0 Å². The molecule has 8 nitrogen and oxygen atoms in total. The molecule has 1 aliphatic rings. The van der Waals surface area contributed by atoms with Crippen molar-refractivity contribution in [2.24, 2.45) is 7.05 Å². The summed E-state index contributed by atoms with van der Waals surface area (Å²) in [6.45, 7) is 6.65. The summed E-state index contributed by atoms with van der Waals surface area (Å²) >= 11 is 0. The summed E-state index contributed by atoms with van der Waals surface area (Å²) in [7, 11) is 5.94. The third kappa shape index (κ3) is 3.58. The molecule has 0 unspecified atom stereocenters. The molecule has 0 amide bonds. The number of rotatable bonds is 4. The van der Waals surface area contributed by atoms with Crippen LogP contribution in [0.5, 0.6) is 0 Å². The van der Waals surface area contributed by atoms with Crippen molar-refractivity contribution in [3.8, 4) is 0 Å². The number of aromatic nitrogens is 5. The predicted molar refractivity (Wildman–Crippen MR) is 89.6 cm³/mol. The van der Waals surface area contributed by atoms with Gasteiger partial charge in [0.15, 0.2) is 0 Å². The lowest BCUT2D eigenvalue weighted by Crippen LogP contribution is -2.47. The van der Waals surface area contributed by atoms with Gasteiger partial charge in [0.2, 0.25) is 5.95 Å². The van der Waals surface area contributed by atoms with Crippen molar-refractivity contribution in [1.82, 2.24) is 29.6 Å². The van der Waals surface area contributed by atoms with Crippen LogP contribution in [0.15, 0.2) is 12.4 Å². The highest BCUT2D eigenvalue weighted by Gasteiger charge is 2.21. The largest absolute Gasteiger partial charge is 0.363 e. The van der Waals surface area contributed by atoms with Crippen LogP contribution < -0.4 is 9.80 Å². The summed E-state index contributed by atoms with van der Waals surface area (Å²) in [5.41, 5.74) is 1.00. The molecule has 8 heteroatoms. The predicted octanol–water partition coefficient (Wildman–Crippen LogP) is 0.302. The molecule has 1 fully saturated rings. The van der Waals surface area contributed by atoms with Gasteiger partial charge in [0.05, 0.1) is 6.54 Å². The first-order valence-corrected chi connectivity index (χ1v) is 7.86. The van der Waals surface area contributed by atoms with E-state index < -0.39 is 0 Å². The minimum absolute atomic E-state index is 0.826. The van der Waals surface area contributed by atoms with E-state index in [1.807, 2.05) is 43.7 Å². The summed E-state index contributed by atoms with van der Waals surface area (Å²) in [6.07, 6.45) is 1.61. The first-order valence-electron chi connectivity index (χ1n) is 7.86. The van der Waals surface area contributed by atoms with E-state index in [0.29, 0.717) is 0 Å². The SMILES string of the molecule is Cc1cc(N(C)C)nc(N2CCN(Cc3ncnn3C)CC2)n1. The van der Waals surface area contributed by atoms with Crippen LogP contribution >= 0.6 is 0 Å². The average molecular weight is 316 g/mol. The highest BCUT2D eigenvalue weighted by molar-refractivity contribution is 5.45. The molecule has 2 aromatic heterocycles. The van der Waals surface area contributed by atoms with E-state index >= 15 is 0 Å². The smallest absolute Gasteiger partial charge is 0.227 e. The van der Waals surface area contributed by atoms with Gasteiger partial charge in [-0.05, 0) is 6.92 Å². The van der Waals surface area contributed by atoms with E-state index in [1.54, 1.807) is 6.33 Å². The van der Waals surface area contributed by atoms with E-state index in [9.17, 15) is 0 Å². The van der Waals surface area contributed by atoms with Crippen LogP contribution in [0.25, 0.3) is 0 Å². The molecule has 0 aliphatic carbocycles. The standard InChI is InChI=1S/C15H24N8/c1-12-9-13(20(2)3)19-15(18-12)23-7-5-22(6-8-23)10-14-16-11-17-21(14)4/h9,11H,5-8,10H2,1-4H3. The minimum Gasteiger partial charge on any atom is -0.363 e. The Hall–Kier alpha value is -2.22. The number of anilines is 2. The lowest BCUT2D eigenvalue weighted by atomic mass is 10.3. The maximum absolute atomic E-state index is 4.67. The maximum atomic E-state index is 4.67. The van der Waals surface area contributed by atoms with Gasteiger partial charge in [-0.25, -0.2) is 9.97 Å². The molecule has 0 atom stereocenters. The molecule has 2 aromatic rings. The van der Waals surface area contributed by atoms with Gasteiger partial charge in [-0.2, -0.15) is 10.1 Å². The summed E-state index contributed by atoms with van der Waals surface area (Å²) in [4.78, 5) is 20.2.